The van der Waals surface area contributed by atoms with Gasteiger partial charge in [-0.1, -0.05) is 0 Å². The van der Waals surface area contributed by atoms with Gasteiger partial charge < -0.3 is 5.11 Å². The molecule has 2 saturated heterocycles. The van der Waals surface area contributed by atoms with Crippen LogP contribution in [0.3, 0.4) is 0 Å². The molecule has 2 aliphatic heterocycles. The van der Waals surface area contributed by atoms with E-state index in [1.54, 1.807) is 0 Å². The van der Waals surface area contributed by atoms with Crippen molar-refractivity contribution in [3.63, 3.8) is 0 Å². The normalized spacial score (nSPS) is 42.5. The molecule has 0 aromatic heterocycles. The van der Waals surface area contributed by atoms with E-state index in [4.69, 9.17) is 0 Å². The zero-order valence-corrected chi connectivity index (χ0v) is 6.43. The number of imide groups is 1. The maximum Gasteiger partial charge on any atom is 0.240 e. The molecule has 0 spiro atoms. The van der Waals surface area contributed by atoms with Crippen molar-refractivity contribution >= 4 is 23.6 Å². The number of nitrogens with one attached hydrogen (secondary N) is 1. The number of amides is 2. The van der Waals surface area contributed by atoms with Gasteiger partial charge in [-0.2, -0.15) is 0 Å². The summed E-state index contributed by atoms with van der Waals surface area (Å²) in [5, 5.41) is 11.1. The zero-order chi connectivity index (χ0) is 8.01. The van der Waals surface area contributed by atoms with E-state index in [2.05, 4.69) is 5.32 Å². The molecule has 0 radical (unpaired) electrons. The largest absolute Gasteiger partial charge is 0.391 e. The lowest BCUT2D eigenvalue weighted by Gasteiger charge is -2.05. The number of hydrogen-bond donors (Lipinski definition) is 2. The molecule has 0 saturated carbocycles. The molecule has 0 aromatic carbocycles. The molecule has 2 rings (SSSR count). The Labute approximate surface area is 67.3 Å². The van der Waals surface area contributed by atoms with Gasteiger partial charge in [0, 0.05) is 5.75 Å². The Balaban J connectivity index is 2.28. The SMILES string of the molecule is O=C1NC(=O)[C@H]2SC[C@@H](O)[C@@H]12. The Kier molecular flexibility index (Phi) is 1.43. The minimum absolute atomic E-state index is 0.249. The molecule has 0 aliphatic carbocycles. The Morgan fingerprint density at radius 3 is 2.82 bits per heavy atom. The van der Waals surface area contributed by atoms with Crippen molar-refractivity contribution in [2.24, 2.45) is 5.92 Å². The zero-order valence-electron chi connectivity index (χ0n) is 5.61. The van der Waals surface area contributed by atoms with Crippen LogP contribution in [0.25, 0.3) is 0 Å². The van der Waals surface area contributed by atoms with Gasteiger partial charge >= 0.3 is 0 Å². The fourth-order valence-electron chi connectivity index (χ4n) is 1.44. The summed E-state index contributed by atoms with van der Waals surface area (Å²) >= 11 is 1.35. The van der Waals surface area contributed by atoms with E-state index in [-0.39, 0.29) is 17.1 Å². The van der Waals surface area contributed by atoms with E-state index in [0.29, 0.717) is 5.75 Å². The van der Waals surface area contributed by atoms with Gasteiger partial charge in [0.2, 0.25) is 11.8 Å². The summed E-state index contributed by atoms with van der Waals surface area (Å²) in [5.41, 5.74) is 0. The number of rotatable bonds is 0. The highest BCUT2D eigenvalue weighted by molar-refractivity contribution is 8.01. The van der Waals surface area contributed by atoms with Crippen LogP contribution in [0.4, 0.5) is 0 Å². The van der Waals surface area contributed by atoms with E-state index >= 15 is 0 Å². The first-order valence-electron chi connectivity index (χ1n) is 3.34. The fourth-order valence-corrected chi connectivity index (χ4v) is 2.77. The monoisotopic (exact) mass is 173 g/mol. The van der Waals surface area contributed by atoms with Gasteiger partial charge in [0.05, 0.1) is 17.3 Å². The van der Waals surface area contributed by atoms with Crippen LogP contribution >= 0.6 is 11.8 Å². The number of thioether (sulfide) groups is 1. The number of carbonyl (C=O) groups is 2. The van der Waals surface area contributed by atoms with E-state index in [1.165, 1.54) is 11.8 Å². The van der Waals surface area contributed by atoms with Gasteiger partial charge in [-0.25, -0.2) is 0 Å². The lowest BCUT2D eigenvalue weighted by atomic mass is 10.0. The Morgan fingerprint density at radius 1 is 1.45 bits per heavy atom. The van der Waals surface area contributed by atoms with Crippen LogP contribution in [0.15, 0.2) is 0 Å². The second-order valence-corrected chi connectivity index (χ2v) is 3.88. The van der Waals surface area contributed by atoms with Gasteiger partial charge in [0.25, 0.3) is 0 Å². The molecule has 4 nitrogen and oxygen atoms in total. The third-order valence-electron chi connectivity index (χ3n) is 1.99. The lowest BCUT2D eigenvalue weighted by Crippen LogP contribution is -2.29. The summed E-state index contributed by atoms with van der Waals surface area (Å²) < 4.78 is 0. The maximum atomic E-state index is 11.0. The van der Waals surface area contributed by atoms with Crippen LogP contribution in [0.5, 0.6) is 0 Å². The molecular weight excluding hydrogens is 166 g/mol. The smallest absolute Gasteiger partial charge is 0.240 e. The van der Waals surface area contributed by atoms with Gasteiger partial charge in [0.1, 0.15) is 0 Å². The molecule has 0 unspecified atom stereocenters. The molecule has 3 atom stereocenters. The summed E-state index contributed by atoms with van der Waals surface area (Å²) in [5.74, 6) is -0.569. The van der Waals surface area contributed by atoms with Crippen molar-refractivity contribution in [3.05, 3.63) is 0 Å². The van der Waals surface area contributed by atoms with E-state index in [0.717, 1.165) is 0 Å². The van der Waals surface area contributed by atoms with Gasteiger partial charge in [-0.05, 0) is 0 Å². The lowest BCUT2D eigenvalue weighted by molar-refractivity contribution is -0.126. The molecule has 0 bridgehead atoms. The minimum atomic E-state index is -0.642. The molecule has 11 heavy (non-hydrogen) atoms. The Bertz CT molecular complexity index is 230. The molecule has 2 N–H and O–H groups in total. The number of fused-ring (bicyclic) bond motifs is 1. The van der Waals surface area contributed by atoms with Gasteiger partial charge in [-0.3, -0.25) is 14.9 Å². The first kappa shape index (κ1) is 7.12. The second kappa shape index (κ2) is 2.22. The number of carbonyl (C=O) groups excluding carboxylic acids is 2. The molecular formula is C6H7NO3S. The quantitative estimate of drug-likeness (QED) is 0.448. The first-order valence-corrected chi connectivity index (χ1v) is 4.39. The number of aliphatic hydroxyl groups is 1. The highest BCUT2D eigenvalue weighted by atomic mass is 32.2. The van der Waals surface area contributed by atoms with Crippen molar-refractivity contribution in [1.82, 2.24) is 5.32 Å². The van der Waals surface area contributed by atoms with Crippen LogP contribution in [0.1, 0.15) is 0 Å². The average Bonchev–Trinajstić information content (AvgIpc) is 2.41. The van der Waals surface area contributed by atoms with Crippen molar-refractivity contribution in [1.29, 1.82) is 0 Å². The topological polar surface area (TPSA) is 66.4 Å². The Hall–Kier alpha value is -0.550. The molecule has 60 valence electrons. The van der Waals surface area contributed by atoms with Crippen LogP contribution in [0.2, 0.25) is 0 Å². The summed E-state index contributed by atoms with van der Waals surface area (Å²) in [7, 11) is 0. The summed E-state index contributed by atoms with van der Waals surface area (Å²) in [6.07, 6.45) is -0.642. The van der Waals surface area contributed by atoms with Crippen molar-refractivity contribution in [3.8, 4) is 0 Å². The predicted octanol–water partition coefficient (Wildman–Crippen LogP) is -1.26. The van der Waals surface area contributed by atoms with Crippen molar-refractivity contribution in [2.45, 2.75) is 11.4 Å². The Morgan fingerprint density at radius 2 is 2.18 bits per heavy atom. The summed E-state index contributed by atoms with van der Waals surface area (Å²) in [4.78, 5) is 21.9. The summed E-state index contributed by atoms with van der Waals surface area (Å²) in [6.45, 7) is 0. The summed E-state index contributed by atoms with van der Waals surface area (Å²) in [6, 6.07) is 0. The van der Waals surface area contributed by atoms with E-state index in [9.17, 15) is 14.7 Å². The molecule has 0 aromatic rings. The number of aliphatic hydroxyl groups excluding tert-OH is 1. The van der Waals surface area contributed by atoms with Crippen LogP contribution in [0, 0.1) is 5.92 Å². The third-order valence-corrected chi connectivity index (χ3v) is 3.40. The highest BCUT2D eigenvalue weighted by Gasteiger charge is 2.50. The maximum absolute atomic E-state index is 11.0. The average molecular weight is 173 g/mol. The standard InChI is InChI=1S/C6H7NO3S/c8-2-1-11-4-3(2)5(9)7-6(4)10/h2-4,8H,1H2,(H,7,9,10)/t2-,3-,4+/m1/s1. The first-order chi connectivity index (χ1) is 5.20. The molecule has 2 fully saturated rings. The third kappa shape index (κ3) is 0.877. The van der Waals surface area contributed by atoms with Crippen LogP contribution in [-0.4, -0.2) is 34.0 Å². The van der Waals surface area contributed by atoms with Gasteiger partial charge in [0.15, 0.2) is 0 Å². The molecule has 2 aliphatic rings. The van der Waals surface area contributed by atoms with Crippen LogP contribution in [-0.2, 0) is 9.59 Å². The highest BCUT2D eigenvalue weighted by Crippen LogP contribution is 2.35. The minimum Gasteiger partial charge on any atom is -0.391 e. The van der Waals surface area contributed by atoms with E-state index in [1.807, 2.05) is 0 Å². The fraction of sp³-hybridized carbons (Fsp3) is 0.667. The molecule has 2 heterocycles. The van der Waals surface area contributed by atoms with Crippen LogP contribution < -0.4 is 5.32 Å². The second-order valence-electron chi connectivity index (χ2n) is 2.70. The van der Waals surface area contributed by atoms with E-state index < -0.39 is 12.0 Å². The number of hydrogen-bond acceptors (Lipinski definition) is 4. The predicted molar refractivity (Wildman–Crippen MR) is 38.9 cm³/mol. The van der Waals surface area contributed by atoms with Crippen molar-refractivity contribution < 1.29 is 14.7 Å². The van der Waals surface area contributed by atoms with Crippen molar-refractivity contribution in [2.75, 3.05) is 5.75 Å². The molecule has 5 heteroatoms. The molecule has 2 amide bonds. The van der Waals surface area contributed by atoms with Gasteiger partial charge in [-0.15, -0.1) is 11.8 Å².